The Morgan fingerprint density at radius 3 is 2.71 bits per heavy atom. The Morgan fingerprint density at radius 2 is 1.96 bits per heavy atom. The first-order valence-corrected chi connectivity index (χ1v) is 8.89. The molecule has 3 nitrogen and oxygen atoms in total. The van der Waals surface area contributed by atoms with Gasteiger partial charge >= 0.3 is 0 Å². The van der Waals surface area contributed by atoms with E-state index in [1.54, 1.807) is 18.2 Å². The average molecular weight is 363 g/mol. The molecule has 0 bridgehead atoms. The predicted molar refractivity (Wildman–Crippen MR) is 98.7 cm³/mol. The third-order valence-electron chi connectivity index (χ3n) is 4.27. The molecular formula is C19H20Cl2N2O. The number of benzene rings is 2. The van der Waals surface area contributed by atoms with Crippen LogP contribution >= 0.6 is 23.2 Å². The van der Waals surface area contributed by atoms with E-state index in [4.69, 9.17) is 23.2 Å². The number of nitrogens with zero attached hydrogens (tertiary/aromatic N) is 1. The van der Waals surface area contributed by atoms with Gasteiger partial charge in [0, 0.05) is 24.2 Å². The molecule has 0 aromatic heterocycles. The molecule has 0 radical (unpaired) electrons. The van der Waals surface area contributed by atoms with Crippen LogP contribution in [0.25, 0.3) is 0 Å². The molecular weight excluding hydrogens is 343 g/mol. The average Bonchev–Trinajstić information content (AvgIpc) is 2.56. The molecule has 5 heteroatoms. The van der Waals surface area contributed by atoms with Gasteiger partial charge in [0.05, 0.1) is 10.6 Å². The fraction of sp³-hybridized carbons (Fsp3) is 0.316. The van der Waals surface area contributed by atoms with E-state index in [9.17, 15) is 4.79 Å². The minimum absolute atomic E-state index is 0.136. The topological polar surface area (TPSA) is 32.3 Å². The highest BCUT2D eigenvalue weighted by Gasteiger charge is 2.22. The van der Waals surface area contributed by atoms with E-state index < -0.39 is 0 Å². The Labute approximate surface area is 152 Å². The van der Waals surface area contributed by atoms with Gasteiger partial charge in [0.1, 0.15) is 0 Å². The van der Waals surface area contributed by atoms with Crippen molar-refractivity contribution in [3.8, 4) is 0 Å². The molecule has 0 saturated carbocycles. The SMILES string of the molecule is O=C(N[C@H]1CCCN(Cc2ccccc2)C1)c1ccc(Cl)cc1Cl. The predicted octanol–water partition coefficient (Wildman–Crippen LogP) is 4.39. The van der Waals surface area contributed by atoms with Gasteiger partial charge < -0.3 is 5.32 Å². The first-order chi connectivity index (χ1) is 11.6. The molecule has 0 unspecified atom stereocenters. The lowest BCUT2D eigenvalue weighted by Gasteiger charge is -2.33. The van der Waals surface area contributed by atoms with Gasteiger partial charge in [-0.1, -0.05) is 53.5 Å². The highest BCUT2D eigenvalue weighted by Crippen LogP contribution is 2.21. The summed E-state index contributed by atoms with van der Waals surface area (Å²) in [7, 11) is 0. The lowest BCUT2D eigenvalue weighted by molar-refractivity contribution is 0.0901. The van der Waals surface area contributed by atoms with Gasteiger partial charge in [-0.15, -0.1) is 0 Å². The van der Waals surface area contributed by atoms with Gasteiger partial charge in [-0.3, -0.25) is 9.69 Å². The number of amides is 1. The monoisotopic (exact) mass is 362 g/mol. The molecule has 3 rings (SSSR count). The second kappa shape index (κ2) is 8.02. The van der Waals surface area contributed by atoms with E-state index in [1.165, 1.54) is 5.56 Å². The Balaban J connectivity index is 1.59. The zero-order chi connectivity index (χ0) is 16.9. The number of nitrogens with one attached hydrogen (secondary N) is 1. The number of likely N-dealkylation sites (tertiary alicyclic amines) is 1. The molecule has 1 amide bonds. The van der Waals surface area contributed by atoms with Gasteiger partial charge in [0.25, 0.3) is 5.91 Å². The molecule has 1 heterocycles. The Hall–Kier alpha value is -1.55. The summed E-state index contributed by atoms with van der Waals surface area (Å²) in [6.07, 6.45) is 2.06. The van der Waals surface area contributed by atoms with Crippen molar-refractivity contribution in [2.24, 2.45) is 0 Å². The highest BCUT2D eigenvalue weighted by molar-refractivity contribution is 6.36. The summed E-state index contributed by atoms with van der Waals surface area (Å²) in [6.45, 7) is 2.82. The third kappa shape index (κ3) is 4.50. The molecule has 24 heavy (non-hydrogen) atoms. The van der Waals surface area contributed by atoms with E-state index in [0.29, 0.717) is 15.6 Å². The summed E-state index contributed by atoms with van der Waals surface area (Å²) in [5.74, 6) is -0.136. The van der Waals surface area contributed by atoms with Crippen LogP contribution in [0.3, 0.4) is 0 Å². The van der Waals surface area contributed by atoms with Crippen molar-refractivity contribution in [2.75, 3.05) is 13.1 Å². The number of hydrogen-bond donors (Lipinski definition) is 1. The molecule has 0 spiro atoms. The normalized spacial score (nSPS) is 18.3. The number of carbonyl (C=O) groups is 1. The molecule has 1 saturated heterocycles. The largest absolute Gasteiger partial charge is 0.348 e. The first-order valence-electron chi connectivity index (χ1n) is 8.14. The second-order valence-electron chi connectivity index (χ2n) is 6.16. The van der Waals surface area contributed by atoms with Crippen molar-refractivity contribution < 1.29 is 4.79 Å². The van der Waals surface area contributed by atoms with Crippen LogP contribution in [-0.4, -0.2) is 29.9 Å². The lowest BCUT2D eigenvalue weighted by Crippen LogP contribution is -2.47. The molecule has 1 fully saturated rings. The fourth-order valence-corrected chi connectivity index (χ4v) is 3.59. The standard InChI is InChI=1S/C19H20Cl2N2O/c20-15-8-9-17(18(21)11-15)19(24)22-16-7-4-10-23(13-16)12-14-5-2-1-3-6-14/h1-3,5-6,8-9,11,16H,4,7,10,12-13H2,(H,22,24)/t16-/m0/s1. The summed E-state index contributed by atoms with van der Waals surface area (Å²) in [6, 6.07) is 15.5. The fourth-order valence-electron chi connectivity index (χ4n) is 3.10. The number of hydrogen-bond acceptors (Lipinski definition) is 2. The van der Waals surface area contributed by atoms with Crippen LogP contribution in [-0.2, 0) is 6.54 Å². The van der Waals surface area contributed by atoms with Crippen LogP contribution in [0.2, 0.25) is 10.0 Å². The third-order valence-corrected chi connectivity index (χ3v) is 4.81. The molecule has 2 aromatic rings. The smallest absolute Gasteiger partial charge is 0.253 e. The molecule has 1 aliphatic rings. The van der Waals surface area contributed by atoms with Gasteiger partial charge in [0.2, 0.25) is 0 Å². The van der Waals surface area contributed by atoms with Gasteiger partial charge in [-0.05, 0) is 43.1 Å². The number of halogens is 2. The van der Waals surface area contributed by atoms with Crippen LogP contribution in [0.5, 0.6) is 0 Å². The quantitative estimate of drug-likeness (QED) is 0.874. The summed E-state index contributed by atoms with van der Waals surface area (Å²) in [4.78, 5) is 14.8. The molecule has 1 aliphatic heterocycles. The van der Waals surface area contributed by atoms with Crippen molar-refractivity contribution in [3.63, 3.8) is 0 Å². The van der Waals surface area contributed by atoms with Gasteiger partial charge in [0.15, 0.2) is 0 Å². The number of piperidine rings is 1. The molecule has 0 aliphatic carbocycles. The second-order valence-corrected chi connectivity index (χ2v) is 7.00. The Kier molecular flexibility index (Phi) is 5.77. The summed E-state index contributed by atoms with van der Waals surface area (Å²) in [5.41, 5.74) is 1.77. The molecule has 1 atom stereocenters. The van der Waals surface area contributed by atoms with E-state index >= 15 is 0 Å². The van der Waals surface area contributed by atoms with Crippen molar-refractivity contribution in [1.82, 2.24) is 10.2 Å². The van der Waals surface area contributed by atoms with Crippen molar-refractivity contribution >= 4 is 29.1 Å². The zero-order valence-corrected chi connectivity index (χ0v) is 14.9. The van der Waals surface area contributed by atoms with Gasteiger partial charge in [-0.2, -0.15) is 0 Å². The maximum absolute atomic E-state index is 12.5. The van der Waals surface area contributed by atoms with E-state index in [2.05, 4.69) is 34.5 Å². The summed E-state index contributed by atoms with van der Waals surface area (Å²) in [5, 5.41) is 4.02. The minimum atomic E-state index is -0.136. The molecule has 2 aromatic carbocycles. The number of rotatable bonds is 4. The van der Waals surface area contributed by atoms with Crippen molar-refractivity contribution in [3.05, 3.63) is 69.7 Å². The van der Waals surface area contributed by atoms with Crippen LogP contribution < -0.4 is 5.32 Å². The van der Waals surface area contributed by atoms with E-state index in [1.807, 2.05) is 6.07 Å². The first kappa shape index (κ1) is 17.3. The maximum atomic E-state index is 12.5. The Morgan fingerprint density at radius 1 is 1.17 bits per heavy atom. The highest BCUT2D eigenvalue weighted by atomic mass is 35.5. The van der Waals surface area contributed by atoms with Gasteiger partial charge in [-0.25, -0.2) is 0 Å². The van der Waals surface area contributed by atoms with E-state index in [-0.39, 0.29) is 11.9 Å². The zero-order valence-electron chi connectivity index (χ0n) is 13.3. The van der Waals surface area contributed by atoms with Crippen LogP contribution in [0.15, 0.2) is 48.5 Å². The van der Waals surface area contributed by atoms with E-state index in [0.717, 1.165) is 32.5 Å². The van der Waals surface area contributed by atoms with Crippen molar-refractivity contribution in [1.29, 1.82) is 0 Å². The van der Waals surface area contributed by atoms with Crippen LogP contribution in [0.4, 0.5) is 0 Å². The van der Waals surface area contributed by atoms with Crippen LogP contribution in [0, 0.1) is 0 Å². The summed E-state index contributed by atoms with van der Waals surface area (Å²) >= 11 is 12.0. The summed E-state index contributed by atoms with van der Waals surface area (Å²) < 4.78 is 0. The van der Waals surface area contributed by atoms with Crippen molar-refractivity contribution in [2.45, 2.75) is 25.4 Å². The molecule has 126 valence electrons. The maximum Gasteiger partial charge on any atom is 0.253 e. The minimum Gasteiger partial charge on any atom is -0.348 e. The lowest BCUT2D eigenvalue weighted by atomic mass is 10.0. The molecule has 1 N–H and O–H groups in total. The Bertz CT molecular complexity index is 706. The number of carbonyl (C=O) groups excluding carboxylic acids is 1. The van der Waals surface area contributed by atoms with Crippen LogP contribution in [0.1, 0.15) is 28.8 Å².